The van der Waals surface area contributed by atoms with E-state index in [0.29, 0.717) is 33.4 Å². The molecule has 6 aromatic rings. The highest BCUT2D eigenvalue weighted by molar-refractivity contribution is 6.27. The van der Waals surface area contributed by atoms with Crippen LogP contribution in [0.2, 0.25) is 0 Å². The molecule has 0 fully saturated rings. The van der Waals surface area contributed by atoms with E-state index >= 15 is 14.4 Å². The molecule has 0 amide bonds. The Balaban J connectivity index is 1.75. The van der Waals surface area contributed by atoms with Gasteiger partial charge in [0.25, 0.3) is 0 Å². The van der Waals surface area contributed by atoms with Crippen molar-refractivity contribution in [3.8, 4) is 0 Å². The Labute approximate surface area is 338 Å². The third-order valence-corrected chi connectivity index (χ3v) is 9.34. The van der Waals surface area contributed by atoms with Crippen molar-refractivity contribution in [2.45, 2.75) is 0 Å². The van der Waals surface area contributed by atoms with Crippen molar-refractivity contribution in [1.29, 1.82) is 0 Å². The molecule has 0 spiro atoms. The van der Waals surface area contributed by atoms with Gasteiger partial charge in [-0.15, -0.1) is 0 Å². The van der Waals surface area contributed by atoms with Crippen LogP contribution in [0.5, 0.6) is 0 Å². The smallest absolute Gasteiger partial charge is 0.323 e. The SMILES string of the molecule is O=C(C=Cc1ccccc1)C(=Cc1ccccc1)C(C(=O)O)(C(=Cc1ccccc1)C(=O)C=Cc1ccccc1)C(=Cc1ccccc1)C(=O)C=Cc1ccccc1. The Hall–Kier alpha value is -7.76. The van der Waals surface area contributed by atoms with Crippen LogP contribution in [0.1, 0.15) is 33.4 Å². The lowest BCUT2D eigenvalue weighted by molar-refractivity contribution is -0.145. The molecule has 0 bridgehead atoms. The van der Waals surface area contributed by atoms with E-state index in [1.165, 1.54) is 36.5 Å². The van der Waals surface area contributed by atoms with Crippen molar-refractivity contribution in [1.82, 2.24) is 0 Å². The number of carboxylic acids is 1. The fraction of sp³-hybridized carbons (Fsp3) is 0.0189. The zero-order valence-electron chi connectivity index (χ0n) is 31.6. The molecule has 0 aliphatic heterocycles. The number of hydrogen-bond acceptors (Lipinski definition) is 4. The number of carboxylic acid groups (broad SMARTS) is 1. The first-order valence-corrected chi connectivity index (χ1v) is 18.7. The molecule has 282 valence electrons. The van der Waals surface area contributed by atoms with Gasteiger partial charge in [-0.25, -0.2) is 0 Å². The Kier molecular flexibility index (Phi) is 13.6. The number of rotatable bonds is 16. The summed E-state index contributed by atoms with van der Waals surface area (Å²) in [6.45, 7) is 0. The van der Waals surface area contributed by atoms with Gasteiger partial charge in [-0.2, -0.15) is 0 Å². The van der Waals surface area contributed by atoms with Gasteiger partial charge >= 0.3 is 5.97 Å². The number of carbonyl (C=O) groups is 4. The monoisotopic (exact) mass is 756 g/mol. The van der Waals surface area contributed by atoms with Gasteiger partial charge in [0.05, 0.1) is 0 Å². The van der Waals surface area contributed by atoms with Crippen LogP contribution in [0, 0.1) is 5.41 Å². The van der Waals surface area contributed by atoms with Crippen molar-refractivity contribution in [3.63, 3.8) is 0 Å². The topological polar surface area (TPSA) is 88.5 Å². The molecule has 0 heterocycles. The van der Waals surface area contributed by atoms with E-state index in [-0.39, 0.29) is 16.7 Å². The lowest BCUT2D eigenvalue weighted by Gasteiger charge is -2.35. The van der Waals surface area contributed by atoms with E-state index < -0.39 is 28.7 Å². The second-order valence-corrected chi connectivity index (χ2v) is 13.3. The molecule has 0 saturated heterocycles. The Morgan fingerprint density at radius 3 is 0.741 bits per heavy atom. The molecule has 0 radical (unpaired) electrons. The normalized spacial score (nSPS) is 13.4. The number of aliphatic carboxylic acids is 1. The minimum absolute atomic E-state index is 0.314. The van der Waals surface area contributed by atoms with Gasteiger partial charge in [-0.3, -0.25) is 19.2 Å². The molecule has 0 saturated carbocycles. The molecule has 1 N–H and O–H groups in total. The maximum atomic E-state index is 15.1. The van der Waals surface area contributed by atoms with Gasteiger partial charge in [0.1, 0.15) is 0 Å². The minimum atomic E-state index is -2.68. The summed E-state index contributed by atoms with van der Waals surface area (Å²) in [7, 11) is 0. The van der Waals surface area contributed by atoms with Gasteiger partial charge in [0, 0.05) is 16.7 Å². The maximum absolute atomic E-state index is 15.1. The average Bonchev–Trinajstić information content (AvgIpc) is 3.27. The van der Waals surface area contributed by atoms with Crippen molar-refractivity contribution < 1.29 is 24.3 Å². The molecular weight excluding hydrogens is 717 g/mol. The van der Waals surface area contributed by atoms with E-state index in [2.05, 4.69) is 0 Å². The number of ketones is 3. The Bertz CT molecular complexity index is 2250. The van der Waals surface area contributed by atoms with Gasteiger partial charge in [-0.05, 0) is 69.8 Å². The van der Waals surface area contributed by atoms with Crippen molar-refractivity contribution in [3.05, 3.63) is 250 Å². The van der Waals surface area contributed by atoms with Crippen LogP contribution < -0.4 is 0 Å². The molecule has 5 nitrogen and oxygen atoms in total. The first-order valence-electron chi connectivity index (χ1n) is 18.7. The highest BCUT2D eigenvalue weighted by Crippen LogP contribution is 2.48. The summed E-state index contributed by atoms with van der Waals surface area (Å²) < 4.78 is 0. The third-order valence-electron chi connectivity index (χ3n) is 9.34. The zero-order valence-corrected chi connectivity index (χ0v) is 31.6. The summed E-state index contributed by atoms with van der Waals surface area (Å²) in [4.78, 5) is 60.0. The molecule has 0 aliphatic carbocycles. The van der Waals surface area contributed by atoms with Gasteiger partial charge in [0.15, 0.2) is 22.8 Å². The molecule has 0 unspecified atom stereocenters. The predicted molar refractivity (Wildman–Crippen MR) is 235 cm³/mol. The first-order chi connectivity index (χ1) is 28.3. The van der Waals surface area contributed by atoms with Crippen LogP contribution in [0.3, 0.4) is 0 Å². The van der Waals surface area contributed by atoms with Crippen molar-refractivity contribution >= 4 is 59.8 Å². The highest BCUT2D eigenvalue weighted by atomic mass is 16.4. The fourth-order valence-electron chi connectivity index (χ4n) is 6.50. The van der Waals surface area contributed by atoms with Crippen molar-refractivity contribution in [2.24, 2.45) is 5.41 Å². The van der Waals surface area contributed by atoms with E-state index in [9.17, 15) is 9.90 Å². The molecule has 5 heteroatoms. The number of hydrogen-bond donors (Lipinski definition) is 1. The van der Waals surface area contributed by atoms with E-state index in [4.69, 9.17) is 0 Å². The third kappa shape index (κ3) is 10.1. The largest absolute Gasteiger partial charge is 0.480 e. The Morgan fingerprint density at radius 1 is 0.328 bits per heavy atom. The van der Waals surface area contributed by atoms with Crippen molar-refractivity contribution in [2.75, 3.05) is 0 Å². The number of carbonyl (C=O) groups excluding carboxylic acids is 3. The molecule has 6 rings (SSSR count). The number of allylic oxidation sites excluding steroid dienone is 3. The quantitative estimate of drug-likeness (QED) is 0.0994. The highest BCUT2D eigenvalue weighted by Gasteiger charge is 2.54. The van der Waals surface area contributed by atoms with Gasteiger partial charge < -0.3 is 5.11 Å². The lowest BCUT2D eigenvalue weighted by Crippen LogP contribution is -2.44. The standard InChI is InChI=1S/C53H40O5/c54-49(34-31-40-19-7-1-8-20-40)46(37-43-25-13-4-14-26-43)53(52(57)58,47(38-44-27-15-5-16-28-44)50(55)35-32-41-21-9-2-10-22-41)48(39-45-29-17-6-18-30-45)51(56)36-33-42-23-11-3-12-24-42/h1-39H,(H,57,58). The van der Waals surface area contributed by atoms with Crippen LogP contribution in [0.15, 0.2) is 217 Å². The lowest BCUT2D eigenvalue weighted by atomic mass is 9.63. The van der Waals surface area contributed by atoms with Crippen LogP contribution in [-0.2, 0) is 19.2 Å². The fourth-order valence-corrected chi connectivity index (χ4v) is 6.50. The summed E-state index contributed by atoms with van der Waals surface area (Å²) >= 11 is 0. The summed E-state index contributed by atoms with van der Waals surface area (Å²) in [5.41, 5.74) is -0.0802. The maximum Gasteiger partial charge on any atom is 0.323 e. The summed E-state index contributed by atoms with van der Waals surface area (Å²) in [6.07, 6.45) is 13.0. The van der Waals surface area contributed by atoms with E-state index in [0.717, 1.165) is 0 Å². The predicted octanol–water partition coefficient (Wildman–Crippen LogP) is 11.2. The first kappa shape index (κ1) is 39.9. The van der Waals surface area contributed by atoms with E-state index in [1.54, 1.807) is 109 Å². The molecule has 0 aliphatic rings. The van der Waals surface area contributed by atoms with Gasteiger partial charge in [-0.1, -0.05) is 200 Å². The second-order valence-electron chi connectivity index (χ2n) is 13.3. The van der Waals surface area contributed by atoms with Gasteiger partial charge in [0.2, 0.25) is 0 Å². The molecule has 0 atom stereocenters. The minimum Gasteiger partial charge on any atom is -0.480 e. The molecule has 0 aromatic heterocycles. The Morgan fingerprint density at radius 2 is 0.534 bits per heavy atom. The summed E-state index contributed by atoms with van der Waals surface area (Å²) in [6, 6.07) is 53.7. The summed E-state index contributed by atoms with van der Waals surface area (Å²) in [5, 5.41) is 12.0. The summed E-state index contributed by atoms with van der Waals surface area (Å²) in [5.74, 6) is -3.74. The number of benzene rings is 6. The molecular formula is C53H40O5. The molecule has 58 heavy (non-hydrogen) atoms. The van der Waals surface area contributed by atoms with E-state index in [1.807, 2.05) is 91.0 Å². The molecule has 6 aromatic carbocycles. The van der Waals surface area contributed by atoms with Crippen LogP contribution in [0.25, 0.3) is 36.5 Å². The second kappa shape index (κ2) is 19.7. The zero-order chi connectivity index (χ0) is 40.6. The average molecular weight is 757 g/mol. The van der Waals surface area contributed by atoms with Crippen LogP contribution in [0.4, 0.5) is 0 Å². The van der Waals surface area contributed by atoms with Crippen LogP contribution in [-0.4, -0.2) is 28.4 Å². The van der Waals surface area contributed by atoms with Crippen LogP contribution >= 0.6 is 0 Å².